The summed E-state index contributed by atoms with van der Waals surface area (Å²) in [4.78, 5) is 2.19. The molecule has 0 spiro atoms. The summed E-state index contributed by atoms with van der Waals surface area (Å²) in [6.45, 7) is 2.04. The van der Waals surface area contributed by atoms with Crippen molar-refractivity contribution in [2.45, 2.75) is 6.92 Å². The molecule has 0 saturated heterocycles. The monoisotopic (exact) mass is 197 g/mol. The van der Waals surface area contributed by atoms with Gasteiger partial charge in [0.05, 0.1) is 0 Å². The van der Waals surface area contributed by atoms with Crippen molar-refractivity contribution in [1.29, 1.82) is 5.26 Å². The fourth-order valence-corrected chi connectivity index (χ4v) is 1.71. The first-order chi connectivity index (χ1) is 4.84. The third-order valence-electron chi connectivity index (χ3n) is 1.25. The van der Waals surface area contributed by atoms with E-state index in [9.17, 15) is 0 Å². The van der Waals surface area contributed by atoms with Gasteiger partial charge in [0, 0.05) is 0 Å². The Balaban J connectivity index is 2.94. The van der Waals surface area contributed by atoms with Gasteiger partial charge in [0.1, 0.15) is 0 Å². The molecule has 0 fully saturated rings. The fourth-order valence-electron chi connectivity index (χ4n) is 0.720. The van der Waals surface area contributed by atoms with Crippen LogP contribution in [0.2, 0.25) is 0 Å². The molecule has 0 N–H and O–H groups in total. The normalized spacial score (nSPS) is 8.80. The zero-order valence-corrected chi connectivity index (χ0v) is 7.38. The van der Waals surface area contributed by atoms with Crippen LogP contribution in [0.4, 0.5) is 0 Å². The molecule has 1 aromatic carbocycles. The zero-order chi connectivity index (χ0) is 7.40. The number of nitriles is 1. The summed E-state index contributed by atoms with van der Waals surface area (Å²) in [6.07, 6.45) is 0. The molecule has 0 aliphatic carbocycles. The van der Waals surface area contributed by atoms with E-state index in [0.717, 1.165) is 0 Å². The molecule has 2 heteroatoms. The Hall–Kier alpha value is -0.771. The Kier molecular flexibility index (Phi) is 2.50. The van der Waals surface area contributed by atoms with Crippen LogP contribution in [0, 0.1) is 17.2 Å². The van der Waals surface area contributed by atoms with Gasteiger partial charge in [-0.1, -0.05) is 0 Å². The summed E-state index contributed by atoms with van der Waals surface area (Å²) in [6, 6.07) is 8.01. The van der Waals surface area contributed by atoms with Crippen LogP contribution in [0.5, 0.6) is 0 Å². The number of benzene rings is 1. The Morgan fingerprint density at radius 2 is 2.10 bits per heavy atom. The molecule has 0 saturated carbocycles. The molecule has 1 aromatic rings. The Morgan fingerprint density at radius 1 is 1.40 bits per heavy atom. The predicted molar refractivity (Wildman–Crippen MR) is 42.2 cm³/mol. The molecule has 0 atom stereocenters. The first kappa shape index (κ1) is 7.34. The van der Waals surface area contributed by atoms with E-state index in [2.05, 4.69) is 4.97 Å². The average Bonchev–Trinajstić information content (AvgIpc) is 1.94. The minimum atomic E-state index is 0.00530. The first-order valence-corrected chi connectivity index (χ1v) is 4.67. The van der Waals surface area contributed by atoms with Crippen molar-refractivity contribution in [3.63, 3.8) is 0 Å². The third-order valence-corrected chi connectivity index (χ3v) is 2.86. The van der Waals surface area contributed by atoms with Crippen LogP contribution in [0.1, 0.15) is 5.56 Å². The van der Waals surface area contributed by atoms with Crippen LogP contribution in [0.25, 0.3) is 0 Å². The second-order valence-corrected chi connectivity index (χ2v) is 3.69. The van der Waals surface area contributed by atoms with Gasteiger partial charge in [0.2, 0.25) is 0 Å². The van der Waals surface area contributed by atoms with Gasteiger partial charge >= 0.3 is 66.4 Å². The van der Waals surface area contributed by atoms with Crippen molar-refractivity contribution >= 4 is 19.4 Å². The van der Waals surface area contributed by atoms with E-state index >= 15 is 0 Å². The summed E-state index contributed by atoms with van der Waals surface area (Å²) in [5.74, 6) is 0. The molecule has 1 nitrogen and oxygen atoms in total. The van der Waals surface area contributed by atoms with Gasteiger partial charge in [0.15, 0.2) is 0 Å². The minimum absolute atomic E-state index is 0.00530. The molecular formula is C8H7NSe. The first-order valence-electron chi connectivity index (χ1n) is 2.96. The molecule has 0 heterocycles. The molecule has 0 bridgehead atoms. The maximum atomic E-state index is 8.42. The Labute approximate surface area is 66.8 Å². The van der Waals surface area contributed by atoms with Gasteiger partial charge in [-0.2, -0.15) is 0 Å². The summed E-state index contributed by atoms with van der Waals surface area (Å²) >= 11 is 0.00530. The van der Waals surface area contributed by atoms with Crippen LogP contribution in [0.3, 0.4) is 0 Å². The molecule has 50 valence electrons. The summed E-state index contributed by atoms with van der Waals surface area (Å²) in [5, 5.41) is 8.42. The van der Waals surface area contributed by atoms with E-state index in [1.165, 1.54) is 10.0 Å². The summed E-state index contributed by atoms with van der Waals surface area (Å²) < 4.78 is 1.19. The van der Waals surface area contributed by atoms with E-state index in [0.29, 0.717) is 0 Å². The molecule has 0 amide bonds. The predicted octanol–water partition coefficient (Wildman–Crippen LogP) is 0.806. The molecule has 10 heavy (non-hydrogen) atoms. The van der Waals surface area contributed by atoms with E-state index in [4.69, 9.17) is 5.26 Å². The van der Waals surface area contributed by atoms with Crippen LogP contribution in [-0.2, 0) is 0 Å². The quantitative estimate of drug-likeness (QED) is 0.609. The number of rotatable bonds is 1. The number of hydrogen-bond donors (Lipinski definition) is 0. The van der Waals surface area contributed by atoms with Gasteiger partial charge < -0.3 is 0 Å². The van der Waals surface area contributed by atoms with Crippen molar-refractivity contribution < 1.29 is 0 Å². The summed E-state index contributed by atoms with van der Waals surface area (Å²) in [5.41, 5.74) is 1.23. The number of hydrogen-bond acceptors (Lipinski definition) is 1. The van der Waals surface area contributed by atoms with Crippen LogP contribution < -0.4 is 4.46 Å². The molecule has 0 aliphatic heterocycles. The number of nitrogens with zero attached hydrogens (tertiary/aromatic N) is 1. The van der Waals surface area contributed by atoms with E-state index in [-0.39, 0.29) is 15.0 Å². The van der Waals surface area contributed by atoms with Crippen molar-refractivity contribution in [3.8, 4) is 4.97 Å². The number of aryl methyl sites for hydroxylation is 1. The van der Waals surface area contributed by atoms with E-state index in [1.807, 2.05) is 31.2 Å². The second-order valence-electron chi connectivity index (χ2n) is 1.96. The molecule has 0 radical (unpaired) electrons. The van der Waals surface area contributed by atoms with Gasteiger partial charge in [-0.15, -0.1) is 0 Å². The average molecular weight is 196 g/mol. The van der Waals surface area contributed by atoms with Crippen LogP contribution in [-0.4, -0.2) is 15.0 Å². The standard InChI is InChI=1S/C8H7NSe/c1-7-4-2-3-5-8(7)10-6-9/h2-5H,1H3. The topological polar surface area (TPSA) is 23.8 Å². The molecule has 0 unspecified atom stereocenters. The van der Waals surface area contributed by atoms with Crippen molar-refractivity contribution in [2.75, 3.05) is 0 Å². The van der Waals surface area contributed by atoms with Crippen LogP contribution >= 0.6 is 0 Å². The van der Waals surface area contributed by atoms with Crippen molar-refractivity contribution in [2.24, 2.45) is 0 Å². The second kappa shape index (κ2) is 3.41. The van der Waals surface area contributed by atoms with Gasteiger partial charge in [-0.3, -0.25) is 0 Å². The van der Waals surface area contributed by atoms with Crippen LogP contribution in [0.15, 0.2) is 24.3 Å². The van der Waals surface area contributed by atoms with Gasteiger partial charge in [0.25, 0.3) is 0 Å². The van der Waals surface area contributed by atoms with Gasteiger partial charge in [-0.05, 0) is 0 Å². The molecule has 1 rings (SSSR count). The zero-order valence-electron chi connectivity index (χ0n) is 5.66. The third kappa shape index (κ3) is 1.60. The summed E-state index contributed by atoms with van der Waals surface area (Å²) in [7, 11) is 0. The SMILES string of the molecule is Cc1ccccc1[Se]C#N. The van der Waals surface area contributed by atoms with Crippen molar-refractivity contribution in [1.82, 2.24) is 0 Å². The maximum absolute atomic E-state index is 8.42. The molecular weight excluding hydrogens is 189 g/mol. The fraction of sp³-hybridized carbons (Fsp3) is 0.125. The molecule has 0 aliphatic rings. The van der Waals surface area contributed by atoms with Gasteiger partial charge in [-0.25, -0.2) is 0 Å². The molecule has 0 aromatic heterocycles. The van der Waals surface area contributed by atoms with E-state index < -0.39 is 0 Å². The van der Waals surface area contributed by atoms with E-state index in [1.54, 1.807) is 0 Å². The Bertz CT molecular complexity index is 262. The van der Waals surface area contributed by atoms with Crippen molar-refractivity contribution in [3.05, 3.63) is 29.8 Å². The Morgan fingerprint density at radius 3 is 2.70 bits per heavy atom.